The van der Waals surface area contributed by atoms with E-state index in [1.54, 1.807) is 6.07 Å². The number of furan rings is 1. The molecule has 7 nitrogen and oxygen atoms in total. The minimum absolute atomic E-state index is 0.164. The summed E-state index contributed by atoms with van der Waals surface area (Å²) in [5, 5.41) is 9.32. The molecule has 0 saturated carbocycles. The summed E-state index contributed by atoms with van der Waals surface area (Å²) in [4.78, 5) is 16.5. The van der Waals surface area contributed by atoms with Gasteiger partial charge in [0.1, 0.15) is 5.76 Å². The quantitative estimate of drug-likeness (QED) is 0.755. The monoisotopic (exact) mass is 312 g/mol. The average molecular weight is 312 g/mol. The van der Waals surface area contributed by atoms with Crippen LogP contribution in [0.5, 0.6) is 0 Å². The lowest BCUT2D eigenvalue weighted by Gasteiger charge is -2.13. The number of aryl methyl sites for hydroxylation is 1. The fraction of sp³-hybridized carbons (Fsp3) is 0.188. The zero-order valence-corrected chi connectivity index (χ0v) is 12.7. The summed E-state index contributed by atoms with van der Waals surface area (Å²) in [6.07, 6.45) is -0.732. The molecular weight excluding hydrogens is 296 g/mol. The first-order valence-corrected chi connectivity index (χ1v) is 7.05. The summed E-state index contributed by atoms with van der Waals surface area (Å²) >= 11 is 0. The summed E-state index contributed by atoms with van der Waals surface area (Å²) in [5.74, 6) is 1.59. The molecule has 2 heterocycles. The van der Waals surface area contributed by atoms with Crippen LogP contribution in [0.25, 0.3) is 11.6 Å². The highest BCUT2D eigenvalue weighted by molar-refractivity contribution is 5.93. The Balaban J connectivity index is 1.74. The minimum Gasteiger partial charge on any atom is -0.458 e. The molecule has 1 atom stereocenters. The smallest absolute Gasteiger partial charge is 0.260 e. The Morgan fingerprint density at radius 2 is 2.04 bits per heavy atom. The number of hydrogen-bond acceptors (Lipinski definition) is 5. The van der Waals surface area contributed by atoms with Crippen LogP contribution in [0.2, 0.25) is 0 Å². The number of nitrogens with one attached hydrogen (secondary N) is 2. The fourth-order valence-corrected chi connectivity index (χ4v) is 2.19. The van der Waals surface area contributed by atoms with Crippen molar-refractivity contribution >= 4 is 11.9 Å². The Morgan fingerprint density at radius 1 is 1.26 bits per heavy atom. The molecule has 0 fully saturated rings. The van der Waals surface area contributed by atoms with Crippen molar-refractivity contribution in [3.05, 3.63) is 53.8 Å². The third-order valence-electron chi connectivity index (χ3n) is 3.27. The average Bonchev–Trinajstić information content (AvgIpc) is 3.18. The topological polar surface area (TPSA) is 93.0 Å². The fourth-order valence-electron chi connectivity index (χ4n) is 2.19. The van der Waals surface area contributed by atoms with E-state index >= 15 is 0 Å². The molecule has 0 spiro atoms. The predicted octanol–water partition coefficient (Wildman–Crippen LogP) is 2.70. The third kappa shape index (κ3) is 3.29. The molecule has 3 rings (SSSR count). The molecule has 0 aliphatic carbocycles. The lowest BCUT2D eigenvalue weighted by molar-refractivity contribution is -0.126. The van der Waals surface area contributed by atoms with E-state index < -0.39 is 6.10 Å². The molecule has 2 N–H and O–H groups in total. The summed E-state index contributed by atoms with van der Waals surface area (Å²) in [7, 11) is 1.48. The molecule has 1 amide bonds. The van der Waals surface area contributed by atoms with Gasteiger partial charge in [-0.1, -0.05) is 30.3 Å². The zero-order valence-electron chi connectivity index (χ0n) is 12.7. The Hall–Kier alpha value is -2.93. The van der Waals surface area contributed by atoms with Crippen molar-refractivity contribution < 1.29 is 13.9 Å². The van der Waals surface area contributed by atoms with Gasteiger partial charge < -0.3 is 9.15 Å². The van der Waals surface area contributed by atoms with Gasteiger partial charge in [-0.25, -0.2) is 0 Å². The van der Waals surface area contributed by atoms with E-state index in [9.17, 15) is 4.79 Å². The molecule has 0 radical (unpaired) electrons. The normalized spacial score (nSPS) is 12.1. The largest absolute Gasteiger partial charge is 0.458 e. The molecular formula is C16H16N4O3. The number of amides is 1. The number of benzene rings is 1. The second-order valence-electron chi connectivity index (χ2n) is 4.93. The molecule has 3 aromatic rings. The zero-order chi connectivity index (χ0) is 16.2. The molecule has 0 bridgehead atoms. The van der Waals surface area contributed by atoms with Gasteiger partial charge in [-0.05, 0) is 24.6 Å². The van der Waals surface area contributed by atoms with Crippen LogP contribution in [0, 0.1) is 6.92 Å². The Morgan fingerprint density at radius 3 is 2.70 bits per heavy atom. The minimum atomic E-state index is -0.732. The van der Waals surface area contributed by atoms with E-state index in [0.717, 1.165) is 11.3 Å². The van der Waals surface area contributed by atoms with Gasteiger partial charge in [0.05, 0.1) is 0 Å². The molecule has 0 saturated heterocycles. The van der Waals surface area contributed by atoms with Crippen molar-refractivity contribution in [2.45, 2.75) is 13.0 Å². The van der Waals surface area contributed by atoms with Crippen molar-refractivity contribution in [3.8, 4) is 11.6 Å². The maximum Gasteiger partial charge on any atom is 0.260 e. The summed E-state index contributed by atoms with van der Waals surface area (Å²) in [6.45, 7) is 1.84. The number of rotatable bonds is 5. The highest BCUT2D eigenvalue weighted by Gasteiger charge is 2.21. The van der Waals surface area contributed by atoms with Gasteiger partial charge >= 0.3 is 0 Å². The molecule has 0 aliphatic heterocycles. The van der Waals surface area contributed by atoms with Crippen LogP contribution in [0.1, 0.15) is 17.4 Å². The Kier molecular flexibility index (Phi) is 4.20. The number of aromatic nitrogens is 3. The van der Waals surface area contributed by atoms with Crippen molar-refractivity contribution in [3.63, 3.8) is 0 Å². The van der Waals surface area contributed by atoms with Crippen molar-refractivity contribution in [2.75, 3.05) is 12.4 Å². The number of hydrogen-bond donors (Lipinski definition) is 2. The summed E-state index contributed by atoms with van der Waals surface area (Å²) in [6, 6.07) is 12.8. The van der Waals surface area contributed by atoms with Gasteiger partial charge in [0.25, 0.3) is 5.91 Å². The lowest BCUT2D eigenvalue weighted by atomic mass is 10.1. The number of carbonyl (C=O) groups is 1. The van der Waals surface area contributed by atoms with E-state index in [4.69, 9.17) is 9.15 Å². The van der Waals surface area contributed by atoms with E-state index in [1.165, 1.54) is 7.11 Å². The standard InChI is InChI=1S/C16H16N4O3/c1-10-8-9-12(23-10)14-17-16(20-19-14)18-15(21)13(22-2)11-6-4-3-5-7-11/h3-9,13H,1-2H3,(H2,17,18,19,20,21). The lowest BCUT2D eigenvalue weighted by Crippen LogP contribution is -2.23. The van der Waals surface area contributed by atoms with Gasteiger partial charge in [0.2, 0.25) is 5.95 Å². The maximum absolute atomic E-state index is 12.3. The highest BCUT2D eigenvalue weighted by Crippen LogP contribution is 2.20. The first kappa shape index (κ1) is 15.0. The molecule has 7 heteroatoms. The first-order valence-electron chi connectivity index (χ1n) is 7.05. The number of H-pyrrole nitrogens is 1. The number of aromatic amines is 1. The van der Waals surface area contributed by atoms with Crippen LogP contribution in [0.15, 0.2) is 46.9 Å². The van der Waals surface area contributed by atoms with Crippen LogP contribution in [0.3, 0.4) is 0 Å². The maximum atomic E-state index is 12.3. The number of methoxy groups -OCH3 is 1. The van der Waals surface area contributed by atoms with Crippen molar-refractivity contribution in [1.29, 1.82) is 0 Å². The van der Waals surface area contributed by atoms with Gasteiger partial charge in [-0.15, -0.1) is 5.10 Å². The summed E-state index contributed by atoms with van der Waals surface area (Å²) in [5.41, 5.74) is 0.755. The second kappa shape index (κ2) is 6.45. The van der Waals surface area contributed by atoms with Crippen LogP contribution in [-0.2, 0) is 9.53 Å². The summed E-state index contributed by atoms with van der Waals surface area (Å²) < 4.78 is 10.7. The van der Waals surface area contributed by atoms with E-state index in [2.05, 4.69) is 20.5 Å². The Bertz CT molecular complexity index is 795. The van der Waals surface area contributed by atoms with Gasteiger partial charge in [-0.2, -0.15) is 4.98 Å². The number of ether oxygens (including phenoxy) is 1. The van der Waals surface area contributed by atoms with Gasteiger partial charge in [-0.3, -0.25) is 15.2 Å². The number of anilines is 1. The SMILES string of the molecule is COC(C(=O)Nc1n[nH]c(-c2ccc(C)o2)n1)c1ccccc1. The molecule has 0 aliphatic rings. The first-order chi connectivity index (χ1) is 11.2. The molecule has 2 aromatic heterocycles. The van der Waals surface area contributed by atoms with Crippen LogP contribution in [-0.4, -0.2) is 28.2 Å². The Labute approximate surface area is 132 Å². The van der Waals surface area contributed by atoms with Gasteiger partial charge in [0.15, 0.2) is 17.7 Å². The highest BCUT2D eigenvalue weighted by atomic mass is 16.5. The molecule has 1 unspecified atom stereocenters. The van der Waals surface area contributed by atoms with Crippen LogP contribution in [0.4, 0.5) is 5.95 Å². The van der Waals surface area contributed by atoms with Crippen LogP contribution < -0.4 is 5.32 Å². The van der Waals surface area contributed by atoms with Gasteiger partial charge in [0, 0.05) is 7.11 Å². The van der Waals surface area contributed by atoms with E-state index in [-0.39, 0.29) is 11.9 Å². The predicted molar refractivity (Wildman–Crippen MR) is 83.6 cm³/mol. The van der Waals surface area contributed by atoms with Crippen molar-refractivity contribution in [1.82, 2.24) is 15.2 Å². The third-order valence-corrected chi connectivity index (χ3v) is 3.27. The number of nitrogens with zero attached hydrogens (tertiary/aromatic N) is 2. The second-order valence-corrected chi connectivity index (χ2v) is 4.93. The number of carbonyl (C=O) groups excluding carboxylic acids is 1. The van der Waals surface area contributed by atoms with Crippen LogP contribution >= 0.6 is 0 Å². The molecule has 1 aromatic carbocycles. The van der Waals surface area contributed by atoms with E-state index in [1.807, 2.05) is 43.3 Å². The van der Waals surface area contributed by atoms with Crippen molar-refractivity contribution in [2.24, 2.45) is 0 Å². The molecule has 23 heavy (non-hydrogen) atoms. The van der Waals surface area contributed by atoms with E-state index in [0.29, 0.717) is 11.6 Å². The molecule has 118 valence electrons.